The number of nitrogens with zero attached hydrogens (tertiary/aromatic N) is 1. The standard InChI is InChI=1S/C15H14N2O/c16-13-7-4-8-14-12(13)9-15(18)17(14)10-11-5-2-1-3-6-11/h1-8H,9-10,16H2. The second-order valence-electron chi connectivity index (χ2n) is 4.49. The van der Waals surface area contributed by atoms with Crippen molar-refractivity contribution in [2.24, 2.45) is 0 Å². The third-order valence-electron chi connectivity index (χ3n) is 3.29. The number of rotatable bonds is 2. The van der Waals surface area contributed by atoms with Crippen LogP contribution in [0.2, 0.25) is 0 Å². The van der Waals surface area contributed by atoms with Crippen molar-refractivity contribution in [2.45, 2.75) is 13.0 Å². The van der Waals surface area contributed by atoms with E-state index in [1.165, 1.54) is 0 Å². The number of carbonyl (C=O) groups is 1. The summed E-state index contributed by atoms with van der Waals surface area (Å²) in [4.78, 5) is 13.9. The van der Waals surface area contributed by atoms with Crippen LogP contribution in [0.3, 0.4) is 0 Å². The molecule has 2 N–H and O–H groups in total. The van der Waals surface area contributed by atoms with E-state index >= 15 is 0 Å². The van der Waals surface area contributed by atoms with E-state index in [1.807, 2.05) is 48.5 Å². The van der Waals surface area contributed by atoms with E-state index in [4.69, 9.17) is 5.73 Å². The van der Waals surface area contributed by atoms with E-state index in [0.29, 0.717) is 18.7 Å². The fraction of sp³-hybridized carbons (Fsp3) is 0.133. The van der Waals surface area contributed by atoms with Crippen molar-refractivity contribution in [1.82, 2.24) is 0 Å². The molecule has 1 heterocycles. The quantitative estimate of drug-likeness (QED) is 0.816. The van der Waals surface area contributed by atoms with Crippen LogP contribution in [0.1, 0.15) is 11.1 Å². The highest BCUT2D eigenvalue weighted by Crippen LogP contribution is 2.33. The molecule has 0 aromatic heterocycles. The number of anilines is 2. The number of nitrogens with two attached hydrogens (primary N) is 1. The van der Waals surface area contributed by atoms with Gasteiger partial charge in [0.15, 0.2) is 0 Å². The van der Waals surface area contributed by atoms with Gasteiger partial charge in [-0.25, -0.2) is 0 Å². The van der Waals surface area contributed by atoms with E-state index in [-0.39, 0.29) is 5.91 Å². The van der Waals surface area contributed by atoms with Crippen LogP contribution in [-0.4, -0.2) is 5.91 Å². The van der Waals surface area contributed by atoms with Crippen molar-refractivity contribution < 1.29 is 4.79 Å². The number of nitrogen functional groups attached to an aromatic ring is 1. The van der Waals surface area contributed by atoms with Crippen molar-refractivity contribution in [3.05, 3.63) is 59.7 Å². The first kappa shape index (κ1) is 10.8. The second-order valence-corrected chi connectivity index (χ2v) is 4.49. The summed E-state index contributed by atoms with van der Waals surface area (Å²) in [5.41, 5.74) is 9.65. The maximum absolute atomic E-state index is 12.1. The minimum Gasteiger partial charge on any atom is -0.398 e. The molecule has 1 amide bonds. The Morgan fingerprint density at radius 3 is 2.61 bits per heavy atom. The molecule has 0 radical (unpaired) electrons. The number of hydrogen-bond acceptors (Lipinski definition) is 2. The van der Waals surface area contributed by atoms with Gasteiger partial charge in [-0.1, -0.05) is 36.4 Å². The molecule has 0 atom stereocenters. The van der Waals surface area contributed by atoms with Crippen molar-refractivity contribution in [3.63, 3.8) is 0 Å². The number of carbonyl (C=O) groups excluding carboxylic acids is 1. The Labute approximate surface area is 106 Å². The second kappa shape index (κ2) is 4.18. The summed E-state index contributed by atoms with van der Waals surface area (Å²) >= 11 is 0. The fourth-order valence-electron chi connectivity index (χ4n) is 2.36. The zero-order valence-corrected chi connectivity index (χ0v) is 9.97. The molecule has 2 aromatic carbocycles. The summed E-state index contributed by atoms with van der Waals surface area (Å²) in [6.07, 6.45) is 0.412. The molecule has 0 unspecified atom stereocenters. The molecule has 0 spiro atoms. The summed E-state index contributed by atoms with van der Waals surface area (Å²) < 4.78 is 0. The lowest BCUT2D eigenvalue weighted by Crippen LogP contribution is -2.25. The third kappa shape index (κ3) is 1.74. The van der Waals surface area contributed by atoms with Gasteiger partial charge in [0.2, 0.25) is 5.91 Å². The largest absolute Gasteiger partial charge is 0.398 e. The van der Waals surface area contributed by atoms with Crippen molar-refractivity contribution in [3.8, 4) is 0 Å². The van der Waals surface area contributed by atoms with Crippen molar-refractivity contribution in [1.29, 1.82) is 0 Å². The number of benzene rings is 2. The lowest BCUT2D eigenvalue weighted by atomic mass is 10.1. The molecule has 0 aliphatic carbocycles. The monoisotopic (exact) mass is 238 g/mol. The van der Waals surface area contributed by atoms with Crippen LogP contribution in [-0.2, 0) is 17.8 Å². The maximum atomic E-state index is 12.1. The Kier molecular flexibility index (Phi) is 2.52. The molecule has 1 aliphatic heterocycles. The van der Waals surface area contributed by atoms with Gasteiger partial charge in [0, 0.05) is 16.9 Å². The predicted octanol–water partition coefficient (Wildman–Crippen LogP) is 2.36. The molecule has 0 saturated carbocycles. The highest BCUT2D eigenvalue weighted by atomic mass is 16.2. The molecule has 0 fully saturated rings. The van der Waals surface area contributed by atoms with E-state index in [2.05, 4.69) is 0 Å². The molecule has 90 valence electrons. The number of fused-ring (bicyclic) bond motifs is 1. The Balaban J connectivity index is 1.95. The van der Waals surface area contributed by atoms with Crippen LogP contribution in [0.5, 0.6) is 0 Å². The topological polar surface area (TPSA) is 46.3 Å². The van der Waals surface area contributed by atoms with Crippen LogP contribution in [0.4, 0.5) is 11.4 Å². The summed E-state index contributed by atoms with van der Waals surface area (Å²) in [5, 5.41) is 0. The lowest BCUT2D eigenvalue weighted by Gasteiger charge is -2.17. The lowest BCUT2D eigenvalue weighted by molar-refractivity contribution is -0.117. The van der Waals surface area contributed by atoms with Crippen LogP contribution in [0.15, 0.2) is 48.5 Å². The highest BCUT2D eigenvalue weighted by molar-refractivity contribution is 6.03. The Bertz CT molecular complexity index is 593. The molecular weight excluding hydrogens is 224 g/mol. The molecule has 3 rings (SSSR count). The summed E-state index contributed by atoms with van der Waals surface area (Å²) in [7, 11) is 0. The van der Waals surface area contributed by atoms with E-state index < -0.39 is 0 Å². The van der Waals surface area contributed by atoms with Gasteiger partial charge in [-0.05, 0) is 17.7 Å². The molecule has 3 nitrogen and oxygen atoms in total. The fourth-order valence-corrected chi connectivity index (χ4v) is 2.36. The van der Waals surface area contributed by atoms with Crippen LogP contribution in [0.25, 0.3) is 0 Å². The van der Waals surface area contributed by atoms with Gasteiger partial charge in [-0.15, -0.1) is 0 Å². The Morgan fingerprint density at radius 2 is 1.83 bits per heavy atom. The predicted molar refractivity (Wildman–Crippen MR) is 72.2 cm³/mol. The van der Waals surface area contributed by atoms with Gasteiger partial charge in [-0.2, -0.15) is 0 Å². The average Bonchev–Trinajstić information content (AvgIpc) is 2.70. The normalized spacial score (nSPS) is 13.8. The average molecular weight is 238 g/mol. The molecule has 3 heteroatoms. The zero-order chi connectivity index (χ0) is 12.5. The smallest absolute Gasteiger partial charge is 0.231 e. The van der Waals surface area contributed by atoms with Crippen molar-refractivity contribution >= 4 is 17.3 Å². The third-order valence-corrected chi connectivity index (χ3v) is 3.29. The first-order valence-corrected chi connectivity index (χ1v) is 5.97. The molecular formula is C15H14N2O. The molecule has 18 heavy (non-hydrogen) atoms. The molecule has 2 aromatic rings. The first-order valence-electron chi connectivity index (χ1n) is 5.97. The summed E-state index contributed by atoms with van der Waals surface area (Å²) in [5.74, 6) is 0.117. The van der Waals surface area contributed by atoms with E-state index in [1.54, 1.807) is 4.90 Å². The molecule has 0 bridgehead atoms. The minimum atomic E-state index is 0.117. The summed E-state index contributed by atoms with van der Waals surface area (Å²) in [6.45, 7) is 0.607. The van der Waals surface area contributed by atoms with Crippen molar-refractivity contribution in [2.75, 3.05) is 10.6 Å². The van der Waals surface area contributed by atoms with E-state index in [0.717, 1.165) is 16.8 Å². The van der Waals surface area contributed by atoms with Gasteiger partial charge in [0.05, 0.1) is 13.0 Å². The number of amides is 1. The van der Waals surface area contributed by atoms with E-state index in [9.17, 15) is 4.79 Å². The zero-order valence-electron chi connectivity index (χ0n) is 9.97. The van der Waals surface area contributed by atoms with Gasteiger partial charge in [0.1, 0.15) is 0 Å². The van der Waals surface area contributed by atoms with Crippen LogP contribution >= 0.6 is 0 Å². The maximum Gasteiger partial charge on any atom is 0.231 e. The minimum absolute atomic E-state index is 0.117. The van der Waals surface area contributed by atoms with Crippen LogP contribution < -0.4 is 10.6 Å². The Hall–Kier alpha value is -2.29. The molecule has 1 aliphatic rings. The SMILES string of the molecule is Nc1cccc2c1CC(=O)N2Cc1ccccc1. The highest BCUT2D eigenvalue weighted by Gasteiger charge is 2.28. The van der Waals surface area contributed by atoms with Gasteiger partial charge >= 0.3 is 0 Å². The van der Waals surface area contributed by atoms with Gasteiger partial charge < -0.3 is 10.6 Å². The van der Waals surface area contributed by atoms with Gasteiger partial charge in [0.25, 0.3) is 0 Å². The first-order chi connectivity index (χ1) is 8.75. The Morgan fingerprint density at radius 1 is 1.06 bits per heavy atom. The van der Waals surface area contributed by atoms with Gasteiger partial charge in [-0.3, -0.25) is 4.79 Å². The molecule has 0 saturated heterocycles. The summed E-state index contributed by atoms with van der Waals surface area (Å²) in [6, 6.07) is 15.7. The number of hydrogen-bond donors (Lipinski definition) is 1. The van der Waals surface area contributed by atoms with Crippen LogP contribution in [0, 0.1) is 0 Å².